The molecule has 0 saturated carbocycles. The van der Waals surface area contributed by atoms with Gasteiger partial charge in [0.05, 0.1) is 13.2 Å². The summed E-state index contributed by atoms with van der Waals surface area (Å²) in [6, 6.07) is 0. The van der Waals surface area contributed by atoms with Gasteiger partial charge in [-0.3, -0.25) is 0 Å². The first-order valence-electron chi connectivity index (χ1n) is 13.0. The van der Waals surface area contributed by atoms with Crippen molar-refractivity contribution in [3.8, 4) is 0 Å². The third kappa shape index (κ3) is 15.1. The molecule has 4 atom stereocenters. The molecule has 1 aliphatic heterocycles. The van der Waals surface area contributed by atoms with Gasteiger partial charge in [-0.1, -0.05) is 96.1 Å². The van der Waals surface area contributed by atoms with Crippen LogP contribution in [0, 0.1) is 0 Å². The van der Waals surface area contributed by atoms with Gasteiger partial charge in [0.15, 0.2) is 0 Å². The van der Waals surface area contributed by atoms with Crippen LogP contribution in [0.4, 0.5) is 0 Å². The molecule has 0 aliphatic carbocycles. The second-order valence-electron chi connectivity index (χ2n) is 9.12. The van der Waals surface area contributed by atoms with Crippen LogP contribution in [-0.2, 0) is 9.47 Å². The van der Waals surface area contributed by atoms with Crippen LogP contribution in [0.25, 0.3) is 0 Å². The maximum absolute atomic E-state index is 9.97. The highest BCUT2D eigenvalue weighted by molar-refractivity contribution is 4.87. The summed E-state index contributed by atoms with van der Waals surface area (Å²) in [5.74, 6) is 0. The Hall–Kier alpha value is -0.460. The van der Waals surface area contributed by atoms with Crippen LogP contribution in [0.2, 0.25) is 0 Å². The molecule has 5 nitrogen and oxygen atoms in total. The van der Waals surface area contributed by atoms with Crippen molar-refractivity contribution in [2.75, 3.05) is 19.8 Å². The zero-order valence-corrected chi connectivity index (χ0v) is 20.1. The lowest BCUT2D eigenvalue weighted by molar-refractivity contribution is -0.0813. The van der Waals surface area contributed by atoms with Crippen LogP contribution in [0.15, 0.2) is 12.2 Å². The van der Waals surface area contributed by atoms with E-state index in [4.69, 9.17) is 9.47 Å². The lowest BCUT2D eigenvalue weighted by atomic mass is 10.0. The standard InChI is InChI=1S/C26H50O5/c1-2-3-4-5-6-7-8-9-10-11-12-13-14-15-16-17-18-19-20-30-21-24(28)26-25(29)23(27)22-31-26/h3-4,23-29H,2,5-22H2,1H3/b4-3+/t23-,24+,25-,26-/m1/s1. The maximum Gasteiger partial charge on any atom is 0.114 e. The first-order chi connectivity index (χ1) is 15.2. The predicted octanol–water partition coefficient (Wildman–Crippen LogP) is 5.30. The zero-order chi connectivity index (χ0) is 22.6. The third-order valence-electron chi connectivity index (χ3n) is 6.17. The Kier molecular flexibility index (Phi) is 18.6. The van der Waals surface area contributed by atoms with Crippen LogP contribution in [-0.4, -0.2) is 59.6 Å². The van der Waals surface area contributed by atoms with Crippen molar-refractivity contribution in [3.63, 3.8) is 0 Å². The number of unbranched alkanes of at least 4 members (excludes halogenated alkanes) is 14. The fourth-order valence-corrected chi connectivity index (χ4v) is 4.14. The summed E-state index contributed by atoms with van der Waals surface area (Å²) in [5.41, 5.74) is 0. The average Bonchev–Trinajstić information content (AvgIpc) is 3.10. The number of ether oxygens (including phenoxy) is 2. The van der Waals surface area contributed by atoms with Crippen molar-refractivity contribution in [2.24, 2.45) is 0 Å². The highest BCUT2D eigenvalue weighted by Gasteiger charge is 2.39. The van der Waals surface area contributed by atoms with Gasteiger partial charge >= 0.3 is 0 Å². The van der Waals surface area contributed by atoms with Crippen molar-refractivity contribution < 1.29 is 24.8 Å². The number of hydrogen-bond acceptors (Lipinski definition) is 5. The molecule has 1 fully saturated rings. The molecule has 3 N–H and O–H groups in total. The maximum atomic E-state index is 9.97. The van der Waals surface area contributed by atoms with Crippen LogP contribution in [0.1, 0.15) is 110 Å². The van der Waals surface area contributed by atoms with E-state index in [1.54, 1.807) is 0 Å². The Morgan fingerprint density at radius 1 is 0.806 bits per heavy atom. The summed E-state index contributed by atoms with van der Waals surface area (Å²) >= 11 is 0. The molecule has 1 aliphatic rings. The predicted molar refractivity (Wildman–Crippen MR) is 127 cm³/mol. The molecule has 5 heteroatoms. The largest absolute Gasteiger partial charge is 0.388 e. The Bertz CT molecular complexity index is 415. The van der Waals surface area contributed by atoms with E-state index in [9.17, 15) is 15.3 Å². The summed E-state index contributed by atoms with van der Waals surface area (Å²) in [6.07, 6.45) is 22.0. The molecule has 184 valence electrons. The van der Waals surface area contributed by atoms with Gasteiger partial charge in [-0.2, -0.15) is 0 Å². The molecule has 0 aromatic carbocycles. The molecule has 0 aromatic rings. The van der Waals surface area contributed by atoms with E-state index in [2.05, 4.69) is 19.1 Å². The summed E-state index contributed by atoms with van der Waals surface area (Å²) in [4.78, 5) is 0. The molecule has 1 saturated heterocycles. The third-order valence-corrected chi connectivity index (χ3v) is 6.17. The Labute approximate surface area is 191 Å². The zero-order valence-electron chi connectivity index (χ0n) is 20.1. The fraction of sp³-hybridized carbons (Fsp3) is 0.923. The fourth-order valence-electron chi connectivity index (χ4n) is 4.14. The molecule has 0 radical (unpaired) electrons. The van der Waals surface area contributed by atoms with E-state index in [1.165, 1.54) is 83.5 Å². The number of aliphatic hydroxyl groups excluding tert-OH is 3. The molecule has 31 heavy (non-hydrogen) atoms. The van der Waals surface area contributed by atoms with Crippen LogP contribution in [0.5, 0.6) is 0 Å². The smallest absolute Gasteiger partial charge is 0.114 e. The molecular weight excluding hydrogens is 392 g/mol. The molecule has 0 bridgehead atoms. The normalized spacial score (nSPS) is 22.5. The summed E-state index contributed by atoms with van der Waals surface area (Å²) in [6.45, 7) is 3.03. The number of rotatable bonds is 21. The molecule has 0 unspecified atom stereocenters. The summed E-state index contributed by atoms with van der Waals surface area (Å²) in [7, 11) is 0. The van der Waals surface area contributed by atoms with E-state index in [0.717, 1.165) is 19.3 Å². The van der Waals surface area contributed by atoms with E-state index in [-0.39, 0.29) is 13.2 Å². The van der Waals surface area contributed by atoms with Crippen molar-refractivity contribution in [2.45, 2.75) is 134 Å². The molecule has 1 heterocycles. The molecular formula is C26H50O5. The minimum absolute atomic E-state index is 0.0698. The Morgan fingerprint density at radius 2 is 1.32 bits per heavy atom. The summed E-state index contributed by atoms with van der Waals surface area (Å²) < 4.78 is 10.7. The minimum atomic E-state index is -1.03. The monoisotopic (exact) mass is 442 g/mol. The minimum Gasteiger partial charge on any atom is -0.388 e. The highest BCUT2D eigenvalue weighted by Crippen LogP contribution is 2.18. The van der Waals surface area contributed by atoms with Gasteiger partial charge in [-0.05, 0) is 25.7 Å². The van der Waals surface area contributed by atoms with E-state index < -0.39 is 24.4 Å². The van der Waals surface area contributed by atoms with Crippen molar-refractivity contribution in [1.29, 1.82) is 0 Å². The van der Waals surface area contributed by atoms with Crippen LogP contribution < -0.4 is 0 Å². The van der Waals surface area contributed by atoms with E-state index in [0.29, 0.717) is 6.61 Å². The SMILES string of the molecule is CC/C=C/CCCCCCCCCCCCCCCCOC[C@H](O)[C@H]1OC[C@@H](O)[C@H]1O. The Morgan fingerprint density at radius 3 is 1.81 bits per heavy atom. The van der Waals surface area contributed by atoms with Crippen molar-refractivity contribution >= 4 is 0 Å². The molecule has 1 rings (SSSR count). The second-order valence-corrected chi connectivity index (χ2v) is 9.12. The second kappa shape index (κ2) is 20.2. The highest BCUT2D eigenvalue weighted by atomic mass is 16.5. The molecule has 0 amide bonds. The number of aliphatic hydroxyl groups is 3. The average molecular weight is 443 g/mol. The van der Waals surface area contributed by atoms with Gasteiger partial charge in [0, 0.05) is 6.61 Å². The first kappa shape index (κ1) is 28.6. The van der Waals surface area contributed by atoms with Gasteiger partial charge in [0.1, 0.15) is 24.4 Å². The lowest BCUT2D eigenvalue weighted by Crippen LogP contribution is -2.40. The topological polar surface area (TPSA) is 79.2 Å². The Balaban J connectivity index is 1.73. The van der Waals surface area contributed by atoms with Gasteiger partial charge in [0.2, 0.25) is 0 Å². The van der Waals surface area contributed by atoms with E-state index in [1.807, 2.05) is 0 Å². The van der Waals surface area contributed by atoms with Gasteiger partial charge in [0.25, 0.3) is 0 Å². The van der Waals surface area contributed by atoms with Crippen molar-refractivity contribution in [3.05, 3.63) is 12.2 Å². The number of allylic oxidation sites excluding steroid dienone is 2. The van der Waals surface area contributed by atoms with Gasteiger partial charge in [-0.15, -0.1) is 0 Å². The van der Waals surface area contributed by atoms with E-state index >= 15 is 0 Å². The number of hydrogen-bond donors (Lipinski definition) is 3. The lowest BCUT2D eigenvalue weighted by Gasteiger charge is -2.20. The van der Waals surface area contributed by atoms with Gasteiger partial charge < -0.3 is 24.8 Å². The van der Waals surface area contributed by atoms with Crippen LogP contribution in [0.3, 0.4) is 0 Å². The summed E-state index contributed by atoms with van der Waals surface area (Å²) in [5, 5.41) is 29.1. The molecule has 0 spiro atoms. The first-order valence-corrected chi connectivity index (χ1v) is 13.0. The quantitative estimate of drug-likeness (QED) is 0.166. The molecule has 0 aromatic heterocycles. The van der Waals surface area contributed by atoms with Gasteiger partial charge in [-0.25, -0.2) is 0 Å². The van der Waals surface area contributed by atoms with Crippen molar-refractivity contribution in [1.82, 2.24) is 0 Å². The van der Waals surface area contributed by atoms with Crippen LogP contribution >= 0.6 is 0 Å².